The molecule has 3 N–H and O–H groups in total. The number of hydrogen-bond donors (Lipinski definition) is 2. The Hall–Kier alpha value is -1.82. The standard InChI is InChI=1S/C15H22N4O2/c1-2-18(13-7-10-3-4-11(8-13)17-10)12-5-6-15(19(20)21)14(16)9-12/h5-6,9-11,13,17H,2-4,7-8,16H2,1H3. The Morgan fingerprint density at radius 1 is 1.38 bits per heavy atom. The van der Waals surface area contributed by atoms with Gasteiger partial charge in [-0.25, -0.2) is 0 Å². The van der Waals surface area contributed by atoms with Gasteiger partial charge < -0.3 is 16.0 Å². The molecule has 2 saturated heterocycles. The van der Waals surface area contributed by atoms with Crippen molar-refractivity contribution >= 4 is 17.1 Å². The Balaban J connectivity index is 1.83. The molecule has 0 spiro atoms. The quantitative estimate of drug-likeness (QED) is 0.505. The molecule has 114 valence electrons. The van der Waals surface area contributed by atoms with E-state index in [2.05, 4.69) is 17.1 Å². The van der Waals surface area contributed by atoms with Crippen LogP contribution in [-0.4, -0.2) is 29.6 Å². The lowest BCUT2D eigenvalue weighted by molar-refractivity contribution is -0.383. The molecule has 0 saturated carbocycles. The molecule has 2 fully saturated rings. The topological polar surface area (TPSA) is 84.4 Å². The molecule has 21 heavy (non-hydrogen) atoms. The minimum atomic E-state index is -0.430. The lowest BCUT2D eigenvalue weighted by atomic mass is 9.97. The Kier molecular flexibility index (Phi) is 3.71. The molecule has 0 amide bonds. The zero-order valence-electron chi connectivity index (χ0n) is 12.3. The molecular formula is C15H22N4O2. The third-order valence-corrected chi connectivity index (χ3v) is 4.77. The van der Waals surface area contributed by atoms with Crippen molar-refractivity contribution in [2.24, 2.45) is 0 Å². The number of nitro benzene ring substituents is 1. The number of nitrogens with zero attached hydrogens (tertiary/aromatic N) is 2. The maximum atomic E-state index is 10.9. The third-order valence-electron chi connectivity index (χ3n) is 4.77. The predicted octanol–water partition coefficient (Wildman–Crippen LogP) is 2.29. The third kappa shape index (κ3) is 2.68. The predicted molar refractivity (Wildman–Crippen MR) is 83.5 cm³/mol. The zero-order valence-corrected chi connectivity index (χ0v) is 12.3. The van der Waals surface area contributed by atoms with E-state index in [1.165, 1.54) is 18.9 Å². The van der Waals surface area contributed by atoms with Crippen LogP contribution < -0.4 is 16.0 Å². The van der Waals surface area contributed by atoms with E-state index in [1.807, 2.05) is 6.07 Å². The lowest BCUT2D eigenvalue weighted by Crippen LogP contribution is -2.48. The van der Waals surface area contributed by atoms with Crippen molar-refractivity contribution in [3.8, 4) is 0 Å². The highest BCUT2D eigenvalue weighted by Gasteiger charge is 2.36. The van der Waals surface area contributed by atoms with Crippen LogP contribution in [-0.2, 0) is 0 Å². The van der Waals surface area contributed by atoms with Crippen LogP contribution in [0.4, 0.5) is 17.1 Å². The molecule has 2 atom stereocenters. The summed E-state index contributed by atoms with van der Waals surface area (Å²) in [5.41, 5.74) is 7.05. The number of anilines is 2. The molecule has 2 bridgehead atoms. The molecule has 0 aliphatic carbocycles. The number of hydrogen-bond acceptors (Lipinski definition) is 5. The number of nitrogens with two attached hydrogens (primary N) is 1. The fourth-order valence-corrected chi connectivity index (χ4v) is 3.82. The maximum absolute atomic E-state index is 10.9. The highest BCUT2D eigenvalue weighted by molar-refractivity contribution is 5.67. The van der Waals surface area contributed by atoms with E-state index in [0.29, 0.717) is 18.1 Å². The molecule has 6 nitrogen and oxygen atoms in total. The number of nitro groups is 1. The summed E-state index contributed by atoms with van der Waals surface area (Å²) >= 11 is 0. The molecule has 0 radical (unpaired) electrons. The van der Waals surface area contributed by atoms with Crippen molar-refractivity contribution in [3.05, 3.63) is 28.3 Å². The highest BCUT2D eigenvalue weighted by atomic mass is 16.6. The second kappa shape index (κ2) is 5.52. The van der Waals surface area contributed by atoms with Crippen molar-refractivity contribution < 1.29 is 4.92 Å². The SMILES string of the molecule is CCN(c1ccc([N+](=O)[O-])c(N)c1)C1CC2CCC(C1)N2. The van der Waals surface area contributed by atoms with Crippen molar-refractivity contribution in [1.29, 1.82) is 0 Å². The van der Waals surface area contributed by atoms with Crippen molar-refractivity contribution in [2.75, 3.05) is 17.2 Å². The van der Waals surface area contributed by atoms with Crippen LogP contribution in [0.15, 0.2) is 18.2 Å². The average Bonchev–Trinajstić information content (AvgIpc) is 2.78. The number of nitrogens with one attached hydrogen (secondary N) is 1. The smallest absolute Gasteiger partial charge is 0.292 e. The normalized spacial score (nSPS) is 27.6. The second-order valence-corrected chi connectivity index (χ2v) is 6.05. The van der Waals surface area contributed by atoms with E-state index in [0.717, 1.165) is 25.1 Å². The molecule has 1 aromatic carbocycles. The number of nitrogen functional groups attached to an aromatic ring is 1. The van der Waals surface area contributed by atoms with Gasteiger partial charge in [0.15, 0.2) is 0 Å². The van der Waals surface area contributed by atoms with Crippen LogP contribution in [0, 0.1) is 10.1 Å². The molecule has 2 aliphatic rings. The molecule has 6 heteroatoms. The van der Waals surface area contributed by atoms with Gasteiger partial charge in [-0.1, -0.05) is 0 Å². The summed E-state index contributed by atoms with van der Waals surface area (Å²) in [7, 11) is 0. The molecule has 0 aromatic heterocycles. The van der Waals surface area contributed by atoms with Crippen LogP contribution in [0.25, 0.3) is 0 Å². The Morgan fingerprint density at radius 3 is 2.57 bits per heavy atom. The van der Waals surface area contributed by atoms with Crippen LogP contribution in [0.1, 0.15) is 32.6 Å². The summed E-state index contributed by atoms with van der Waals surface area (Å²) in [6, 6.07) is 6.82. The van der Waals surface area contributed by atoms with Gasteiger partial charge in [-0.05, 0) is 44.7 Å². The van der Waals surface area contributed by atoms with E-state index in [4.69, 9.17) is 5.73 Å². The fraction of sp³-hybridized carbons (Fsp3) is 0.600. The average molecular weight is 290 g/mol. The van der Waals surface area contributed by atoms with Gasteiger partial charge in [0.1, 0.15) is 5.69 Å². The molecule has 1 aromatic rings. The highest BCUT2D eigenvalue weighted by Crippen LogP contribution is 2.34. The van der Waals surface area contributed by atoms with E-state index in [1.54, 1.807) is 6.07 Å². The lowest BCUT2D eigenvalue weighted by Gasteiger charge is -2.38. The molecule has 2 unspecified atom stereocenters. The Bertz CT molecular complexity index is 536. The van der Waals surface area contributed by atoms with Crippen LogP contribution in [0.3, 0.4) is 0 Å². The summed E-state index contributed by atoms with van der Waals surface area (Å²) < 4.78 is 0. The first kappa shape index (κ1) is 14.1. The minimum Gasteiger partial charge on any atom is -0.393 e. The molecular weight excluding hydrogens is 268 g/mol. The summed E-state index contributed by atoms with van der Waals surface area (Å²) in [6.45, 7) is 3.02. The summed E-state index contributed by atoms with van der Waals surface area (Å²) in [4.78, 5) is 12.8. The monoisotopic (exact) mass is 290 g/mol. The number of rotatable bonds is 4. The van der Waals surface area contributed by atoms with Gasteiger partial charge in [-0.15, -0.1) is 0 Å². The van der Waals surface area contributed by atoms with Gasteiger partial charge in [0.2, 0.25) is 0 Å². The largest absolute Gasteiger partial charge is 0.393 e. The number of benzene rings is 1. The number of piperidine rings is 1. The van der Waals surface area contributed by atoms with Gasteiger partial charge in [0, 0.05) is 36.4 Å². The minimum absolute atomic E-state index is 0.0137. The van der Waals surface area contributed by atoms with Gasteiger partial charge in [-0.2, -0.15) is 0 Å². The van der Waals surface area contributed by atoms with E-state index >= 15 is 0 Å². The summed E-state index contributed by atoms with van der Waals surface area (Å²) in [6.07, 6.45) is 4.81. The summed E-state index contributed by atoms with van der Waals surface area (Å²) in [5, 5.41) is 14.5. The first-order valence-electron chi connectivity index (χ1n) is 7.65. The Labute approximate surface area is 124 Å². The van der Waals surface area contributed by atoms with Gasteiger partial charge in [0.25, 0.3) is 5.69 Å². The second-order valence-electron chi connectivity index (χ2n) is 6.05. The summed E-state index contributed by atoms with van der Waals surface area (Å²) in [5.74, 6) is 0. The van der Waals surface area contributed by atoms with Crippen LogP contribution in [0.2, 0.25) is 0 Å². The first-order chi connectivity index (χ1) is 10.1. The maximum Gasteiger partial charge on any atom is 0.292 e. The van der Waals surface area contributed by atoms with Gasteiger partial charge in [-0.3, -0.25) is 10.1 Å². The number of fused-ring (bicyclic) bond motifs is 2. The van der Waals surface area contributed by atoms with Crippen molar-refractivity contribution in [2.45, 2.75) is 50.7 Å². The molecule has 2 aliphatic heterocycles. The first-order valence-corrected chi connectivity index (χ1v) is 7.65. The van der Waals surface area contributed by atoms with Gasteiger partial charge in [0.05, 0.1) is 4.92 Å². The molecule has 3 rings (SSSR count). The molecule has 2 heterocycles. The van der Waals surface area contributed by atoms with E-state index in [9.17, 15) is 10.1 Å². The van der Waals surface area contributed by atoms with Gasteiger partial charge >= 0.3 is 0 Å². The Morgan fingerprint density at radius 2 is 2.05 bits per heavy atom. The van der Waals surface area contributed by atoms with Crippen molar-refractivity contribution in [3.63, 3.8) is 0 Å². The van der Waals surface area contributed by atoms with Crippen LogP contribution >= 0.6 is 0 Å². The van der Waals surface area contributed by atoms with Crippen LogP contribution in [0.5, 0.6) is 0 Å². The fourth-order valence-electron chi connectivity index (χ4n) is 3.82. The van der Waals surface area contributed by atoms with E-state index < -0.39 is 4.92 Å². The van der Waals surface area contributed by atoms with Crippen molar-refractivity contribution in [1.82, 2.24) is 5.32 Å². The van der Waals surface area contributed by atoms with E-state index in [-0.39, 0.29) is 11.4 Å². The zero-order chi connectivity index (χ0) is 15.0.